The second kappa shape index (κ2) is 11.6. The number of pyridine rings is 1. The Labute approximate surface area is 212 Å². The Balaban J connectivity index is 1.39. The summed E-state index contributed by atoms with van der Waals surface area (Å²) >= 11 is 0. The highest BCUT2D eigenvalue weighted by Crippen LogP contribution is 2.33. The molecule has 4 rings (SSSR count). The third-order valence-corrected chi connectivity index (χ3v) is 6.83. The molecule has 0 spiro atoms. The highest BCUT2D eigenvalue weighted by Gasteiger charge is 2.34. The topological polar surface area (TPSA) is 82.9 Å². The minimum atomic E-state index is -1.31. The fourth-order valence-corrected chi connectivity index (χ4v) is 4.82. The van der Waals surface area contributed by atoms with Crippen LogP contribution in [-0.2, 0) is 4.79 Å². The molecule has 9 heteroatoms. The van der Waals surface area contributed by atoms with Gasteiger partial charge in [0, 0.05) is 24.2 Å². The number of aliphatic carboxylic acids is 1. The van der Waals surface area contributed by atoms with E-state index < -0.39 is 35.4 Å². The van der Waals surface area contributed by atoms with E-state index in [9.17, 15) is 28.2 Å². The van der Waals surface area contributed by atoms with Crippen LogP contribution in [-0.4, -0.2) is 52.8 Å². The molecule has 0 amide bonds. The number of aliphatic hydroxyl groups is 1. The van der Waals surface area contributed by atoms with E-state index in [1.165, 1.54) is 0 Å². The van der Waals surface area contributed by atoms with Gasteiger partial charge in [0.1, 0.15) is 11.6 Å². The number of halogens is 3. The number of benzene rings is 2. The van der Waals surface area contributed by atoms with E-state index in [1.54, 1.807) is 25.4 Å². The number of hydrogen-bond donors (Lipinski definition) is 2. The maximum absolute atomic E-state index is 13.8. The maximum Gasteiger partial charge on any atom is 0.308 e. The molecule has 6 nitrogen and oxygen atoms in total. The minimum absolute atomic E-state index is 0.140. The van der Waals surface area contributed by atoms with Gasteiger partial charge in [0.05, 0.1) is 36.8 Å². The van der Waals surface area contributed by atoms with E-state index in [-0.39, 0.29) is 24.6 Å². The molecular formula is C28H27F3N2O4. The first-order valence-electron chi connectivity index (χ1n) is 12.0. The number of aliphatic hydroxyl groups excluding tert-OH is 1. The van der Waals surface area contributed by atoms with Crippen LogP contribution in [0.25, 0.3) is 10.9 Å². The van der Waals surface area contributed by atoms with Crippen molar-refractivity contribution >= 4 is 16.9 Å². The van der Waals surface area contributed by atoms with Gasteiger partial charge < -0.3 is 14.9 Å². The van der Waals surface area contributed by atoms with Crippen LogP contribution in [0.4, 0.5) is 13.2 Å². The summed E-state index contributed by atoms with van der Waals surface area (Å²) in [6.07, 6.45) is 2.32. The third-order valence-electron chi connectivity index (χ3n) is 6.83. The lowest BCUT2D eigenvalue weighted by Gasteiger charge is -2.36. The maximum atomic E-state index is 13.8. The van der Waals surface area contributed by atoms with Gasteiger partial charge in [0.25, 0.3) is 0 Å². The number of rotatable bonds is 7. The summed E-state index contributed by atoms with van der Waals surface area (Å²) in [5.41, 5.74) is 1.07. The van der Waals surface area contributed by atoms with Crippen LogP contribution in [0.2, 0.25) is 0 Å². The van der Waals surface area contributed by atoms with E-state index in [0.29, 0.717) is 43.2 Å². The largest absolute Gasteiger partial charge is 0.497 e. The molecule has 1 aliphatic heterocycles. The number of hydrogen-bond acceptors (Lipinski definition) is 5. The molecule has 0 radical (unpaired) electrons. The molecule has 1 saturated heterocycles. The lowest BCUT2D eigenvalue weighted by atomic mass is 9.81. The van der Waals surface area contributed by atoms with E-state index in [1.807, 2.05) is 17.0 Å². The van der Waals surface area contributed by atoms with Crippen LogP contribution in [0.3, 0.4) is 0 Å². The number of carbonyl (C=O) groups is 1. The van der Waals surface area contributed by atoms with Gasteiger partial charge in [-0.2, -0.15) is 0 Å². The molecule has 1 fully saturated rings. The van der Waals surface area contributed by atoms with E-state index in [0.717, 1.165) is 17.0 Å². The van der Waals surface area contributed by atoms with Crippen molar-refractivity contribution in [1.82, 2.24) is 9.88 Å². The number of fused-ring (bicyclic) bond motifs is 1. The number of piperidine rings is 1. The van der Waals surface area contributed by atoms with Crippen molar-refractivity contribution in [3.05, 3.63) is 71.2 Å². The average molecular weight is 513 g/mol. The van der Waals surface area contributed by atoms with Gasteiger partial charge in [-0.1, -0.05) is 11.8 Å². The molecule has 2 N–H and O–H groups in total. The lowest BCUT2D eigenvalue weighted by molar-refractivity contribution is -0.146. The second-order valence-corrected chi connectivity index (χ2v) is 9.16. The number of aromatic nitrogens is 1. The van der Waals surface area contributed by atoms with Crippen molar-refractivity contribution < 1.29 is 32.9 Å². The average Bonchev–Trinajstić information content (AvgIpc) is 2.89. The Morgan fingerprint density at radius 3 is 2.81 bits per heavy atom. The molecule has 0 unspecified atom stereocenters. The molecule has 3 aromatic rings. The number of methoxy groups -OCH3 is 1. The summed E-state index contributed by atoms with van der Waals surface area (Å²) in [6.45, 7) is 0.941. The number of carboxylic acid groups (broad SMARTS) is 1. The summed E-state index contributed by atoms with van der Waals surface area (Å²) in [6, 6.07) is 8.48. The molecule has 2 aromatic carbocycles. The van der Waals surface area contributed by atoms with Crippen molar-refractivity contribution in [3.8, 4) is 17.6 Å². The Morgan fingerprint density at radius 2 is 2.05 bits per heavy atom. The lowest BCUT2D eigenvalue weighted by Crippen LogP contribution is -2.44. The number of likely N-dealkylation sites (tertiary alicyclic amines) is 1. The van der Waals surface area contributed by atoms with Gasteiger partial charge in [0.2, 0.25) is 0 Å². The summed E-state index contributed by atoms with van der Waals surface area (Å²) < 4.78 is 45.8. The van der Waals surface area contributed by atoms with E-state index >= 15 is 0 Å². The standard InChI is InChI=1S/C28H27F3N2O4/c1-37-20-5-6-25-22(15-20)21(8-10-32-25)26(34)7-4-17-9-12-33(16-23(17)28(35)36)11-2-3-18-13-19(29)14-24(30)27(18)31/h5-6,8,10,13-15,17,23,26,34H,4,7,9,11-12,16H2,1H3,(H,35,36)/t17-,23+,26-/m1/s1. The first kappa shape index (κ1) is 26.5. The molecule has 1 aromatic heterocycles. The van der Waals surface area contributed by atoms with Crippen LogP contribution in [0, 0.1) is 41.1 Å². The molecule has 2 heterocycles. The van der Waals surface area contributed by atoms with Crippen molar-refractivity contribution in [2.75, 3.05) is 26.7 Å². The smallest absolute Gasteiger partial charge is 0.308 e. The molecule has 1 aliphatic rings. The zero-order valence-corrected chi connectivity index (χ0v) is 20.3. The third kappa shape index (κ3) is 6.21. The first-order valence-corrected chi connectivity index (χ1v) is 12.0. The molecule has 37 heavy (non-hydrogen) atoms. The minimum Gasteiger partial charge on any atom is -0.497 e. The SMILES string of the molecule is COc1ccc2nccc([C@H](O)CC[C@@H]3CCN(CC#Cc4cc(F)cc(F)c4F)C[C@@H]3C(=O)O)c2c1. The van der Waals surface area contributed by atoms with Gasteiger partial charge >= 0.3 is 5.97 Å². The van der Waals surface area contributed by atoms with Gasteiger partial charge in [-0.05, 0) is 67.6 Å². The molecule has 194 valence electrons. The molecule has 0 aliphatic carbocycles. The fraction of sp³-hybridized carbons (Fsp3) is 0.357. The molecule has 3 atom stereocenters. The number of ether oxygens (including phenoxy) is 1. The van der Waals surface area contributed by atoms with Crippen LogP contribution in [0.5, 0.6) is 5.75 Å². The van der Waals surface area contributed by atoms with Crippen molar-refractivity contribution in [2.24, 2.45) is 11.8 Å². The summed E-state index contributed by atoms with van der Waals surface area (Å²) in [7, 11) is 1.57. The predicted octanol–water partition coefficient (Wildman–Crippen LogP) is 4.55. The Kier molecular flexibility index (Phi) is 8.31. The van der Waals surface area contributed by atoms with Crippen molar-refractivity contribution in [1.29, 1.82) is 0 Å². The van der Waals surface area contributed by atoms with Gasteiger partial charge in [-0.3, -0.25) is 14.7 Å². The van der Waals surface area contributed by atoms with Gasteiger partial charge in [-0.25, -0.2) is 13.2 Å². The Morgan fingerprint density at radius 1 is 1.24 bits per heavy atom. The zero-order valence-electron chi connectivity index (χ0n) is 20.3. The van der Waals surface area contributed by atoms with Crippen LogP contribution in [0.1, 0.15) is 36.5 Å². The van der Waals surface area contributed by atoms with Crippen LogP contribution < -0.4 is 4.74 Å². The molecular weight excluding hydrogens is 485 g/mol. The highest BCUT2D eigenvalue weighted by molar-refractivity contribution is 5.83. The predicted molar refractivity (Wildman–Crippen MR) is 131 cm³/mol. The quantitative estimate of drug-likeness (QED) is 0.357. The number of nitrogens with zero attached hydrogens (tertiary/aromatic N) is 2. The van der Waals surface area contributed by atoms with Crippen molar-refractivity contribution in [2.45, 2.75) is 25.4 Å². The monoisotopic (exact) mass is 512 g/mol. The Bertz CT molecular complexity index is 1350. The molecule has 0 saturated carbocycles. The van der Waals surface area contributed by atoms with Gasteiger partial charge in [0.15, 0.2) is 11.6 Å². The van der Waals surface area contributed by atoms with Crippen LogP contribution >= 0.6 is 0 Å². The highest BCUT2D eigenvalue weighted by atomic mass is 19.2. The number of carboxylic acids is 1. The molecule has 0 bridgehead atoms. The second-order valence-electron chi connectivity index (χ2n) is 9.16. The first-order chi connectivity index (χ1) is 17.8. The Hall–Kier alpha value is -3.61. The summed E-state index contributed by atoms with van der Waals surface area (Å²) in [5.74, 6) is 0.595. The van der Waals surface area contributed by atoms with E-state index in [4.69, 9.17) is 4.74 Å². The van der Waals surface area contributed by atoms with Crippen molar-refractivity contribution in [3.63, 3.8) is 0 Å². The van der Waals surface area contributed by atoms with E-state index in [2.05, 4.69) is 16.8 Å². The van der Waals surface area contributed by atoms with Gasteiger partial charge in [-0.15, -0.1) is 0 Å². The van der Waals surface area contributed by atoms with Crippen LogP contribution in [0.15, 0.2) is 42.6 Å². The summed E-state index contributed by atoms with van der Waals surface area (Å²) in [5, 5.41) is 21.6. The normalized spacial score (nSPS) is 18.7. The fourth-order valence-electron chi connectivity index (χ4n) is 4.82. The zero-order chi connectivity index (χ0) is 26.5. The summed E-state index contributed by atoms with van der Waals surface area (Å²) in [4.78, 5) is 18.2.